The molecule has 0 amide bonds. The van der Waals surface area contributed by atoms with E-state index < -0.39 is 12.2 Å². The number of ether oxygens (including phenoxy) is 1. The van der Waals surface area contributed by atoms with Gasteiger partial charge in [0, 0.05) is 59.9 Å². The molecule has 1 aromatic heterocycles. The molecule has 0 spiro atoms. The van der Waals surface area contributed by atoms with Gasteiger partial charge in [0.05, 0.1) is 24.5 Å². The van der Waals surface area contributed by atoms with Gasteiger partial charge in [0.2, 0.25) is 0 Å². The van der Waals surface area contributed by atoms with E-state index in [1.165, 1.54) is 12.1 Å². The van der Waals surface area contributed by atoms with Crippen LogP contribution in [-0.4, -0.2) is 64.1 Å². The Balaban J connectivity index is 0.00000512. The third-order valence-electron chi connectivity index (χ3n) is 5.38. The van der Waals surface area contributed by atoms with Crippen LogP contribution in [0.25, 0.3) is 17.2 Å². The molecule has 0 bridgehead atoms. The van der Waals surface area contributed by atoms with Crippen molar-refractivity contribution < 1.29 is 19.3 Å². The second kappa shape index (κ2) is 13.6. The fourth-order valence-electron chi connectivity index (χ4n) is 3.73. The first-order chi connectivity index (χ1) is 14.7. The summed E-state index contributed by atoms with van der Waals surface area (Å²) in [6.07, 6.45) is 3.14. The monoisotopic (exact) mass is 452 g/mol. The number of aliphatic hydroxyl groups is 2. The molecule has 2 aromatic rings. The summed E-state index contributed by atoms with van der Waals surface area (Å²) in [5, 5.41) is 20.3. The minimum Gasteiger partial charge on any atom is -0.393 e. The van der Waals surface area contributed by atoms with Crippen LogP contribution in [0.3, 0.4) is 0 Å². The summed E-state index contributed by atoms with van der Waals surface area (Å²) in [6.45, 7) is 10.6. The first-order valence-electron chi connectivity index (χ1n) is 11.0. The topological polar surface area (TPSA) is 62.6 Å². The first-order valence-corrected chi connectivity index (χ1v) is 11.0. The Morgan fingerprint density at radius 3 is 2.12 bits per heavy atom. The molecule has 1 aromatic carbocycles. The summed E-state index contributed by atoms with van der Waals surface area (Å²) in [5.74, 6) is 0.0387. The van der Waals surface area contributed by atoms with E-state index in [9.17, 15) is 14.6 Å². The molecule has 2 unspecified atom stereocenters. The minimum absolute atomic E-state index is 0. The number of nitrogens with zero attached hydrogens (tertiary/aromatic N) is 1. The Bertz CT molecular complexity index is 882. The average Bonchev–Trinajstić information content (AvgIpc) is 2.72. The summed E-state index contributed by atoms with van der Waals surface area (Å²) in [4.78, 5) is 5.01. The second-order valence-electron chi connectivity index (χ2n) is 8.62. The summed E-state index contributed by atoms with van der Waals surface area (Å²) in [5.41, 5.74) is 5.57. The number of aliphatic hydroxyl groups excluding tert-OH is 2. The van der Waals surface area contributed by atoms with Gasteiger partial charge in [0.1, 0.15) is 5.82 Å². The molecule has 0 saturated heterocycles. The first kappa shape index (κ1) is 29.0. The van der Waals surface area contributed by atoms with Crippen LogP contribution in [0, 0.1) is 5.82 Å². The quantitative estimate of drug-likeness (QED) is 0.472. The number of hydrogen-bond donors (Lipinski definition) is 2. The predicted octanol–water partition coefficient (Wildman–Crippen LogP) is 5.44. The Morgan fingerprint density at radius 2 is 1.62 bits per heavy atom. The summed E-state index contributed by atoms with van der Waals surface area (Å²) < 4.78 is 19.2. The van der Waals surface area contributed by atoms with Crippen molar-refractivity contribution in [1.29, 1.82) is 0 Å². The Morgan fingerprint density at radius 1 is 1.03 bits per heavy atom. The standard InChI is InChI=1S/C26H36FNO3.Na/c1-7-20(29)14-21(30)12-13-22-24(18-8-10-19(27)11-9-18)23(15-31-6)26(17(4)5)28-25(22)16(2)3;/h8-13,16-17,20-21,29-30H,7,14-15H2,1-6H3;/b13-12+;. The molecule has 0 aliphatic heterocycles. The Kier molecular flexibility index (Phi) is 12.3. The Labute approximate surface area is 214 Å². The molecule has 0 aliphatic rings. The normalized spacial score (nSPS) is 13.6. The van der Waals surface area contributed by atoms with Crippen LogP contribution < -0.4 is 0 Å². The van der Waals surface area contributed by atoms with Crippen LogP contribution in [0.15, 0.2) is 30.3 Å². The molecular weight excluding hydrogens is 416 g/mol. The van der Waals surface area contributed by atoms with E-state index in [1.54, 1.807) is 25.3 Å². The van der Waals surface area contributed by atoms with Crippen LogP contribution in [-0.2, 0) is 11.3 Å². The van der Waals surface area contributed by atoms with E-state index in [0.717, 1.165) is 33.6 Å². The zero-order chi connectivity index (χ0) is 23.1. The van der Waals surface area contributed by atoms with Crippen molar-refractivity contribution in [2.45, 2.75) is 78.1 Å². The maximum Gasteiger partial charge on any atom is 0.123 e. The number of rotatable bonds is 10. The third kappa shape index (κ3) is 7.47. The molecule has 2 N–H and O–H groups in total. The van der Waals surface area contributed by atoms with Crippen LogP contribution in [0.4, 0.5) is 4.39 Å². The Hall–Kier alpha value is -1.08. The van der Waals surface area contributed by atoms with Crippen molar-refractivity contribution in [3.63, 3.8) is 0 Å². The van der Waals surface area contributed by atoms with Crippen molar-refractivity contribution in [3.05, 3.63) is 58.7 Å². The van der Waals surface area contributed by atoms with Gasteiger partial charge in [-0.3, -0.25) is 4.98 Å². The maximum absolute atomic E-state index is 13.7. The molecule has 2 rings (SSSR count). The van der Waals surface area contributed by atoms with Crippen LogP contribution >= 0.6 is 0 Å². The van der Waals surface area contributed by atoms with Gasteiger partial charge in [-0.1, -0.05) is 58.9 Å². The van der Waals surface area contributed by atoms with Gasteiger partial charge in [0.15, 0.2) is 0 Å². The van der Waals surface area contributed by atoms with Gasteiger partial charge in [-0.25, -0.2) is 4.39 Å². The molecule has 4 nitrogen and oxygen atoms in total. The number of aromatic nitrogens is 1. The fraction of sp³-hybridized carbons (Fsp3) is 0.500. The van der Waals surface area contributed by atoms with Gasteiger partial charge in [-0.2, -0.15) is 0 Å². The van der Waals surface area contributed by atoms with Crippen LogP contribution in [0.1, 0.15) is 81.8 Å². The molecule has 0 fully saturated rings. The number of pyridine rings is 1. The maximum atomic E-state index is 13.7. The van der Waals surface area contributed by atoms with E-state index >= 15 is 0 Å². The molecule has 6 heteroatoms. The van der Waals surface area contributed by atoms with Gasteiger partial charge >= 0.3 is 0 Å². The fourth-order valence-corrected chi connectivity index (χ4v) is 3.73. The third-order valence-corrected chi connectivity index (χ3v) is 5.38. The van der Waals surface area contributed by atoms with Gasteiger partial charge in [-0.05, 0) is 41.5 Å². The van der Waals surface area contributed by atoms with Gasteiger partial charge < -0.3 is 14.9 Å². The van der Waals surface area contributed by atoms with Crippen molar-refractivity contribution >= 4 is 35.6 Å². The molecule has 0 saturated carbocycles. The minimum atomic E-state index is -0.772. The SMILES string of the molecule is CCC(O)CC(O)/C=C/c1c(C(C)C)nc(C(C)C)c(COC)c1-c1ccc(F)cc1.[Na]. The zero-order valence-corrected chi connectivity index (χ0v) is 22.5. The number of benzene rings is 1. The molecule has 1 radical (unpaired) electrons. The molecule has 32 heavy (non-hydrogen) atoms. The predicted molar refractivity (Wildman–Crippen MR) is 130 cm³/mol. The van der Waals surface area contributed by atoms with E-state index in [2.05, 4.69) is 27.7 Å². The molecule has 2 atom stereocenters. The number of hydrogen-bond acceptors (Lipinski definition) is 4. The van der Waals surface area contributed by atoms with Crippen molar-refractivity contribution in [2.24, 2.45) is 0 Å². The summed E-state index contributed by atoms with van der Waals surface area (Å²) >= 11 is 0. The van der Waals surface area contributed by atoms with E-state index in [4.69, 9.17) is 9.72 Å². The van der Waals surface area contributed by atoms with Gasteiger partial charge in [0.25, 0.3) is 0 Å². The molecule has 0 aliphatic carbocycles. The van der Waals surface area contributed by atoms with Crippen molar-refractivity contribution in [2.75, 3.05) is 7.11 Å². The zero-order valence-electron chi connectivity index (χ0n) is 20.5. The van der Waals surface area contributed by atoms with Crippen LogP contribution in [0.2, 0.25) is 0 Å². The number of methoxy groups -OCH3 is 1. The van der Waals surface area contributed by atoms with Crippen molar-refractivity contribution in [1.82, 2.24) is 4.98 Å². The van der Waals surface area contributed by atoms with Gasteiger partial charge in [-0.15, -0.1) is 0 Å². The molecule has 1 heterocycles. The summed E-state index contributed by atoms with van der Waals surface area (Å²) in [7, 11) is 1.65. The molecular formula is C26H36FNNaO3. The smallest absolute Gasteiger partial charge is 0.123 e. The molecule has 171 valence electrons. The number of halogens is 1. The van der Waals surface area contributed by atoms with Crippen LogP contribution in [0.5, 0.6) is 0 Å². The van der Waals surface area contributed by atoms with Crippen molar-refractivity contribution in [3.8, 4) is 11.1 Å². The largest absolute Gasteiger partial charge is 0.393 e. The van der Waals surface area contributed by atoms with E-state index in [-0.39, 0.29) is 53.6 Å². The van der Waals surface area contributed by atoms with E-state index in [0.29, 0.717) is 13.0 Å². The average molecular weight is 453 g/mol. The van der Waals surface area contributed by atoms with E-state index in [1.807, 2.05) is 13.0 Å². The summed E-state index contributed by atoms with van der Waals surface area (Å²) in [6, 6.07) is 6.45. The second-order valence-corrected chi connectivity index (χ2v) is 8.62.